The number of rotatable bonds is 3. The van der Waals surface area contributed by atoms with E-state index in [0.717, 1.165) is 0 Å². The molecule has 0 atom stereocenters. The fourth-order valence-corrected chi connectivity index (χ4v) is 0.816. The number of aromatic nitrogens is 1. The number of hydrogen-bond donors (Lipinski definition) is 1. The predicted octanol–water partition coefficient (Wildman–Crippen LogP) is 1.14. The number of halogens is 1. The van der Waals surface area contributed by atoms with E-state index in [4.69, 9.17) is 0 Å². The molecule has 0 aliphatic carbocycles. The van der Waals surface area contributed by atoms with Crippen molar-refractivity contribution in [3.05, 3.63) is 42.5 Å². The van der Waals surface area contributed by atoms with Gasteiger partial charge in [-0.1, -0.05) is 6.08 Å². The number of nitrogens with one attached hydrogen (secondary N) is 1. The highest BCUT2D eigenvalue weighted by atomic mass is 19.1. The highest BCUT2D eigenvalue weighted by molar-refractivity contribution is 5.94. The van der Waals surface area contributed by atoms with Gasteiger partial charge in [0.25, 0.3) is 5.91 Å². The lowest BCUT2D eigenvalue weighted by molar-refractivity contribution is 0.0953. The molecule has 0 aliphatic heterocycles. The van der Waals surface area contributed by atoms with Crippen LogP contribution < -0.4 is 5.32 Å². The van der Waals surface area contributed by atoms with Gasteiger partial charge in [0, 0.05) is 12.7 Å². The van der Waals surface area contributed by atoms with Crippen LogP contribution in [0.3, 0.4) is 0 Å². The van der Waals surface area contributed by atoms with Crippen molar-refractivity contribution in [1.29, 1.82) is 0 Å². The molecule has 0 bridgehead atoms. The van der Waals surface area contributed by atoms with E-state index >= 15 is 0 Å². The third-order valence-electron chi connectivity index (χ3n) is 1.41. The molecule has 0 saturated heterocycles. The fourth-order valence-electron chi connectivity index (χ4n) is 0.816. The maximum absolute atomic E-state index is 12.9. The van der Waals surface area contributed by atoms with Gasteiger partial charge in [-0.05, 0) is 12.1 Å². The van der Waals surface area contributed by atoms with E-state index in [9.17, 15) is 9.18 Å². The summed E-state index contributed by atoms with van der Waals surface area (Å²) in [6.45, 7) is 3.74. The molecule has 0 spiro atoms. The quantitative estimate of drug-likeness (QED) is 0.559. The molecule has 13 heavy (non-hydrogen) atoms. The first-order valence-corrected chi connectivity index (χ1v) is 3.75. The van der Waals surface area contributed by atoms with E-state index < -0.39 is 11.9 Å². The molecule has 0 fully saturated rings. The Balaban J connectivity index is 2.76. The van der Waals surface area contributed by atoms with Crippen LogP contribution in [0.2, 0.25) is 0 Å². The molecule has 0 unspecified atom stereocenters. The summed E-state index contributed by atoms with van der Waals surface area (Å²) in [5.41, 5.74) is -0.0515. The van der Waals surface area contributed by atoms with Crippen molar-refractivity contribution in [2.45, 2.75) is 0 Å². The molecule has 0 saturated carbocycles. The molecule has 1 N–H and O–H groups in total. The topological polar surface area (TPSA) is 42.0 Å². The monoisotopic (exact) mass is 180 g/mol. The first-order valence-electron chi connectivity index (χ1n) is 3.75. The molecule has 1 aromatic heterocycles. The Morgan fingerprint density at radius 1 is 1.77 bits per heavy atom. The maximum atomic E-state index is 12.9. The van der Waals surface area contributed by atoms with E-state index in [-0.39, 0.29) is 5.56 Å². The summed E-state index contributed by atoms with van der Waals surface area (Å²) in [4.78, 5) is 14.5. The van der Waals surface area contributed by atoms with Crippen LogP contribution in [0.5, 0.6) is 0 Å². The molecule has 3 nitrogen and oxygen atoms in total. The van der Waals surface area contributed by atoms with Crippen molar-refractivity contribution in [2.75, 3.05) is 6.54 Å². The second-order valence-electron chi connectivity index (χ2n) is 2.34. The molecule has 0 aliphatic rings. The van der Waals surface area contributed by atoms with Crippen LogP contribution in [0.1, 0.15) is 10.4 Å². The average molecular weight is 180 g/mol. The number of nitrogens with zero attached hydrogens (tertiary/aromatic N) is 1. The van der Waals surface area contributed by atoms with Gasteiger partial charge in [-0.3, -0.25) is 4.79 Å². The zero-order valence-corrected chi connectivity index (χ0v) is 6.96. The van der Waals surface area contributed by atoms with Gasteiger partial charge in [0.05, 0.1) is 5.56 Å². The number of carbonyl (C=O) groups is 1. The summed E-state index contributed by atoms with van der Waals surface area (Å²) in [6, 6.07) is 2.88. The molecular weight excluding hydrogens is 171 g/mol. The largest absolute Gasteiger partial charge is 0.348 e. The van der Waals surface area contributed by atoms with E-state index in [1.165, 1.54) is 24.4 Å². The normalized spacial score (nSPS) is 9.31. The van der Waals surface area contributed by atoms with Crippen molar-refractivity contribution in [3.63, 3.8) is 0 Å². The highest BCUT2D eigenvalue weighted by Crippen LogP contribution is 2.01. The molecule has 4 heteroatoms. The van der Waals surface area contributed by atoms with Crippen molar-refractivity contribution >= 4 is 5.91 Å². The fraction of sp³-hybridized carbons (Fsp3) is 0.111. The second kappa shape index (κ2) is 4.35. The number of hydrogen-bond acceptors (Lipinski definition) is 2. The van der Waals surface area contributed by atoms with Gasteiger partial charge in [0.15, 0.2) is 0 Å². The van der Waals surface area contributed by atoms with Crippen LogP contribution in [0, 0.1) is 5.95 Å². The summed E-state index contributed by atoms with van der Waals surface area (Å²) in [5.74, 6) is -1.24. The molecule has 1 heterocycles. The summed E-state index contributed by atoms with van der Waals surface area (Å²) >= 11 is 0. The van der Waals surface area contributed by atoms with Crippen LogP contribution in [-0.2, 0) is 0 Å². The van der Waals surface area contributed by atoms with E-state index in [0.29, 0.717) is 6.54 Å². The van der Waals surface area contributed by atoms with Crippen molar-refractivity contribution in [3.8, 4) is 0 Å². The van der Waals surface area contributed by atoms with Gasteiger partial charge in [-0.15, -0.1) is 6.58 Å². The third-order valence-corrected chi connectivity index (χ3v) is 1.41. The number of pyridine rings is 1. The second-order valence-corrected chi connectivity index (χ2v) is 2.34. The Morgan fingerprint density at radius 3 is 3.15 bits per heavy atom. The van der Waals surface area contributed by atoms with E-state index in [2.05, 4.69) is 16.9 Å². The van der Waals surface area contributed by atoms with Crippen molar-refractivity contribution in [2.24, 2.45) is 0 Å². The number of amides is 1. The Hall–Kier alpha value is -1.71. The minimum atomic E-state index is -0.760. The standard InChI is InChI=1S/C9H9FN2O/c1-2-5-12-9(13)7-4-3-6-11-8(7)10/h2-4,6H,1,5H2,(H,12,13). The summed E-state index contributed by atoms with van der Waals surface area (Å²) in [7, 11) is 0. The lowest BCUT2D eigenvalue weighted by Crippen LogP contribution is -2.24. The van der Waals surface area contributed by atoms with Crippen LogP contribution in [-0.4, -0.2) is 17.4 Å². The zero-order chi connectivity index (χ0) is 9.68. The minimum absolute atomic E-state index is 0.0515. The van der Waals surface area contributed by atoms with Gasteiger partial charge in [0.2, 0.25) is 5.95 Å². The zero-order valence-electron chi connectivity index (χ0n) is 6.96. The van der Waals surface area contributed by atoms with Crippen LogP contribution in [0.25, 0.3) is 0 Å². The minimum Gasteiger partial charge on any atom is -0.348 e. The van der Waals surface area contributed by atoms with E-state index in [1.54, 1.807) is 0 Å². The maximum Gasteiger partial charge on any atom is 0.256 e. The lowest BCUT2D eigenvalue weighted by atomic mass is 10.2. The Morgan fingerprint density at radius 2 is 2.54 bits per heavy atom. The van der Waals surface area contributed by atoms with Gasteiger partial charge in [-0.25, -0.2) is 4.98 Å². The van der Waals surface area contributed by atoms with Gasteiger partial charge in [-0.2, -0.15) is 4.39 Å². The molecule has 1 amide bonds. The predicted molar refractivity (Wildman–Crippen MR) is 46.7 cm³/mol. The van der Waals surface area contributed by atoms with Crippen LogP contribution in [0.4, 0.5) is 4.39 Å². The van der Waals surface area contributed by atoms with Crippen molar-refractivity contribution < 1.29 is 9.18 Å². The Kier molecular flexibility index (Phi) is 3.14. The van der Waals surface area contributed by atoms with Gasteiger partial charge in [0.1, 0.15) is 0 Å². The van der Waals surface area contributed by atoms with E-state index in [1.807, 2.05) is 0 Å². The molecule has 0 radical (unpaired) electrons. The van der Waals surface area contributed by atoms with Crippen LogP contribution >= 0.6 is 0 Å². The summed E-state index contributed by atoms with van der Waals surface area (Å²) < 4.78 is 12.9. The third kappa shape index (κ3) is 2.37. The Bertz CT molecular complexity index is 325. The molecule has 0 aromatic carbocycles. The van der Waals surface area contributed by atoms with Crippen LogP contribution in [0.15, 0.2) is 31.0 Å². The average Bonchev–Trinajstić information content (AvgIpc) is 2.15. The molecule has 1 rings (SSSR count). The summed E-state index contributed by atoms with van der Waals surface area (Å²) in [5, 5.41) is 2.45. The number of carbonyl (C=O) groups excluding carboxylic acids is 1. The van der Waals surface area contributed by atoms with Crippen molar-refractivity contribution in [1.82, 2.24) is 10.3 Å². The Labute approximate surface area is 75.3 Å². The first-order chi connectivity index (χ1) is 6.25. The molecule has 68 valence electrons. The molecule has 1 aromatic rings. The molecular formula is C9H9FN2O. The SMILES string of the molecule is C=CCNC(=O)c1cccnc1F. The van der Waals surface area contributed by atoms with Gasteiger partial charge >= 0.3 is 0 Å². The highest BCUT2D eigenvalue weighted by Gasteiger charge is 2.09. The smallest absolute Gasteiger partial charge is 0.256 e. The summed E-state index contributed by atoms with van der Waals surface area (Å²) in [6.07, 6.45) is 2.81. The lowest BCUT2D eigenvalue weighted by Gasteiger charge is -2.01. The first kappa shape index (κ1) is 9.38. The van der Waals surface area contributed by atoms with Gasteiger partial charge < -0.3 is 5.32 Å².